The van der Waals surface area contributed by atoms with Gasteiger partial charge in [-0.25, -0.2) is 14.4 Å². The summed E-state index contributed by atoms with van der Waals surface area (Å²) in [6, 6.07) is 10.8. The topological polar surface area (TPSA) is 97.8 Å². The summed E-state index contributed by atoms with van der Waals surface area (Å²) in [6.07, 6.45) is 4.66. The lowest BCUT2D eigenvalue weighted by Crippen LogP contribution is -2.47. The highest BCUT2D eigenvalue weighted by molar-refractivity contribution is 5.94. The summed E-state index contributed by atoms with van der Waals surface area (Å²) in [6.45, 7) is 10.8. The molecule has 2 amide bonds. The quantitative estimate of drug-likeness (QED) is 0.468. The number of hydrogen-bond acceptors (Lipinski definition) is 8. The van der Waals surface area contributed by atoms with Crippen molar-refractivity contribution in [1.29, 1.82) is 0 Å². The fraction of sp³-hybridized carbons (Fsp3) is 0.469. The summed E-state index contributed by atoms with van der Waals surface area (Å²) in [5, 5.41) is 2.91. The van der Waals surface area contributed by atoms with Gasteiger partial charge in [-0.2, -0.15) is 4.98 Å². The van der Waals surface area contributed by atoms with Crippen LogP contribution in [0, 0.1) is 12.7 Å². The SMILES string of the molecule is CC(=O)NC1CCN(C(=O)c2cnc(N3CCN(c4cc(-c5ccc(F)cc5)nc(N5CCCC5C)n4)CC3)c(C)c2)C1. The number of aromatic nitrogens is 3. The van der Waals surface area contributed by atoms with Crippen molar-refractivity contribution in [1.82, 2.24) is 25.2 Å². The van der Waals surface area contributed by atoms with Crippen molar-refractivity contribution in [3.05, 3.63) is 59.5 Å². The van der Waals surface area contributed by atoms with Crippen molar-refractivity contribution in [2.45, 2.75) is 52.1 Å². The molecule has 226 valence electrons. The van der Waals surface area contributed by atoms with Crippen LogP contribution in [0.3, 0.4) is 0 Å². The molecule has 1 N–H and O–H groups in total. The lowest BCUT2D eigenvalue weighted by molar-refractivity contribution is -0.119. The summed E-state index contributed by atoms with van der Waals surface area (Å²) < 4.78 is 13.6. The first-order valence-electron chi connectivity index (χ1n) is 15.2. The Hall–Kier alpha value is -4.28. The molecule has 0 bridgehead atoms. The van der Waals surface area contributed by atoms with E-state index in [0.29, 0.717) is 24.7 Å². The number of pyridine rings is 1. The second-order valence-corrected chi connectivity index (χ2v) is 11.9. The number of benzene rings is 1. The molecule has 0 spiro atoms. The first-order chi connectivity index (χ1) is 20.7. The molecule has 6 rings (SSSR count). The summed E-state index contributed by atoms with van der Waals surface area (Å²) >= 11 is 0. The van der Waals surface area contributed by atoms with E-state index in [0.717, 1.165) is 86.4 Å². The van der Waals surface area contributed by atoms with Gasteiger partial charge in [0.25, 0.3) is 5.91 Å². The van der Waals surface area contributed by atoms with Crippen LogP contribution in [0.15, 0.2) is 42.6 Å². The molecule has 3 saturated heterocycles. The summed E-state index contributed by atoms with van der Waals surface area (Å²) in [5.74, 6) is 2.09. The molecule has 3 aromatic rings. The average molecular weight is 587 g/mol. The summed E-state index contributed by atoms with van der Waals surface area (Å²) in [4.78, 5) is 47.7. The second kappa shape index (κ2) is 12.1. The largest absolute Gasteiger partial charge is 0.353 e. The van der Waals surface area contributed by atoms with Gasteiger partial charge < -0.3 is 24.9 Å². The molecule has 1 aromatic carbocycles. The molecule has 5 heterocycles. The Kier molecular flexibility index (Phi) is 8.14. The van der Waals surface area contributed by atoms with Crippen molar-refractivity contribution < 1.29 is 14.0 Å². The van der Waals surface area contributed by atoms with Crippen molar-refractivity contribution >= 4 is 29.4 Å². The minimum absolute atomic E-state index is 0.00237. The number of nitrogens with zero attached hydrogens (tertiary/aromatic N) is 7. The normalized spacial score (nSPS) is 20.6. The number of anilines is 3. The standard InChI is InChI=1S/C32H39FN8O2/c1-21-17-25(31(43)40-12-10-27(20-40)35-23(3)42)19-34-30(21)39-15-13-38(14-16-39)29-18-28(24-6-8-26(33)9-7-24)36-32(37-29)41-11-4-5-22(41)2/h6-9,17-19,22,27H,4-5,10-16,20H2,1-3H3,(H,35,42). The number of halogens is 1. The first-order valence-corrected chi connectivity index (χ1v) is 15.2. The number of likely N-dealkylation sites (tertiary alicyclic amines) is 1. The van der Waals surface area contributed by atoms with Crippen LogP contribution < -0.4 is 20.0 Å². The zero-order chi connectivity index (χ0) is 30.1. The number of aryl methyl sites for hydroxylation is 1. The van der Waals surface area contributed by atoms with Crippen LogP contribution in [0.2, 0.25) is 0 Å². The number of carbonyl (C=O) groups excluding carboxylic acids is 2. The van der Waals surface area contributed by atoms with E-state index < -0.39 is 0 Å². The second-order valence-electron chi connectivity index (χ2n) is 11.9. The summed E-state index contributed by atoms with van der Waals surface area (Å²) in [7, 11) is 0. The maximum atomic E-state index is 13.6. The van der Waals surface area contributed by atoms with Gasteiger partial charge in [-0.3, -0.25) is 9.59 Å². The van der Waals surface area contributed by atoms with Crippen LogP contribution in [0.25, 0.3) is 11.3 Å². The van der Waals surface area contributed by atoms with Crippen LogP contribution >= 0.6 is 0 Å². The molecule has 43 heavy (non-hydrogen) atoms. The number of carbonyl (C=O) groups is 2. The van der Waals surface area contributed by atoms with E-state index in [1.807, 2.05) is 19.1 Å². The molecule has 10 nitrogen and oxygen atoms in total. The molecule has 3 fully saturated rings. The predicted molar refractivity (Wildman–Crippen MR) is 165 cm³/mol. The van der Waals surface area contributed by atoms with E-state index in [1.165, 1.54) is 19.1 Å². The molecule has 2 aromatic heterocycles. The van der Waals surface area contributed by atoms with Gasteiger partial charge in [0.15, 0.2) is 0 Å². The maximum Gasteiger partial charge on any atom is 0.255 e. The predicted octanol–water partition coefficient (Wildman–Crippen LogP) is 3.65. The Morgan fingerprint density at radius 2 is 1.70 bits per heavy atom. The van der Waals surface area contributed by atoms with Gasteiger partial charge in [-0.1, -0.05) is 0 Å². The van der Waals surface area contributed by atoms with Crippen molar-refractivity contribution in [2.75, 3.05) is 60.5 Å². The average Bonchev–Trinajstić information content (AvgIpc) is 3.65. The molecular formula is C32H39FN8O2. The fourth-order valence-corrected chi connectivity index (χ4v) is 6.41. The molecule has 0 radical (unpaired) electrons. The van der Waals surface area contributed by atoms with Crippen LogP contribution in [-0.2, 0) is 4.79 Å². The zero-order valence-electron chi connectivity index (χ0n) is 25.1. The third kappa shape index (κ3) is 6.25. The highest BCUT2D eigenvalue weighted by atomic mass is 19.1. The van der Waals surface area contributed by atoms with Gasteiger partial charge in [0.05, 0.1) is 11.3 Å². The van der Waals surface area contributed by atoms with E-state index in [1.54, 1.807) is 23.2 Å². The molecule has 3 aliphatic heterocycles. The van der Waals surface area contributed by atoms with Gasteiger partial charge in [0.2, 0.25) is 11.9 Å². The number of hydrogen-bond donors (Lipinski definition) is 1. The van der Waals surface area contributed by atoms with E-state index in [2.05, 4.69) is 26.9 Å². The van der Waals surface area contributed by atoms with Gasteiger partial charge in [-0.15, -0.1) is 0 Å². The molecule has 2 atom stereocenters. The number of nitrogens with one attached hydrogen (secondary N) is 1. The Balaban J connectivity index is 1.15. The highest BCUT2D eigenvalue weighted by Crippen LogP contribution is 2.30. The molecular weight excluding hydrogens is 547 g/mol. The minimum Gasteiger partial charge on any atom is -0.353 e. The van der Waals surface area contributed by atoms with Crippen molar-refractivity contribution in [2.24, 2.45) is 0 Å². The number of amides is 2. The molecule has 3 aliphatic rings. The van der Waals surface area contributed by atoms with Crippen LogP contribution in [0.4, 0.5) is 22.0 Å². The van der Waals surface area contributed by atoms with Crippen molar-refractivity contribution in [3.63, 3.8) is 0 Å². The Morgan fingerprint density at radius 1 is 0.953 bits per heavy atom. The van der Waals surface area contributed by atoms with Crippen molar-refractivity contribution in [3.8, 4) is 11.3 Å². The Morgan fingerprint density at radius 3 is 2.37 bits per heavy atom. The third-order valence-electron chi connectivity index (χ3n) is 8.73. The van der Waals surface area contributed by atoms with Gasteiger partial charge in [0, 0.05) is 82.6 Å². The Labute approximate surface area is 251 Å². The highest BCUT2D eigenvalue weighted by Gasteiger charge is 2.29. The van der Waals surface area contributed by atoms with E-state index in [4.69, 9.17) is 15.0 Å². The van der Waals surface area contributed by atoms with Gasteiger partial charge >= 0.3 is 0 Å². The molecule has 0 saturated carbocycles. The molecule has 2 unspecified atom stereocenters. The Bertz CT molecular complexity index is 1490. The van der Waals surface area contributed by atoms with Crippen LogP contribution in [0.1, 0.15) is 49.0 Å². The maximum absolute atomic E-state index is 13.6. The van der Waals surface area contributed by atoms with Gasteiger partial charge in [0.1, 0.15) is 17.5 Å². The summed E-state index contributed by atoms with van der Waals surface area (Å²) in [5.41, 5.74) is 3.19. The molecule has 11 heteroatoms. The molecule has 0 aliphatic carbocycles. The van der Waals surface area contributed by atoms with E-state index in [-0.39, 0.29) is 23.7 Å². The van der Waals surface area contributed by atoms with Crippen LogP contribution in [-0.4, -0.2) is 89.6 Å². The monoisotopic (exact) mass is 586 g/mol. The lowest BCUT2D eigenvalue weighted by Gasteiger charge is -2.37. The number of rotatable bonds is 6. The van der Waals surface area contributed by atoms with E-state index in [9.17, 15) is 14.0 Å². The minimum atomic E-state index is -0.268. The lowest BCUT2D eigenvalue weighted by atomic mass is 10.1. The third-order valence-corrected chi connectivity index (χ3v) is 8.73. The first kappa shape index (κ1) is 28.8. The zero-order valence-corrected chi connectivity index (χ0v) is 25.1. The number of piperazine rings is 1. The van der Waals surface area contributed by atoms with Gasteiger partial charge in [-0.05, 0) is 69.0 Å². The van der Waals surface area contributed by atoms with E-state index >= 15 is 0 Å². The smallest absolute Gasteiger partial charge is 0.255 e. The fourth-order valence-electron chi connectivity index (χ4n) is 6.41. The van der Waals surface area contributed by atoms with Crippen LogP contribution in [0.5, 0.6) is 0 Å².